The zero-order chi connectivity index (χ0) is 13.8. The molecule has 0 aliphatic rings. The number of imidazole rings is 1. The third-order valence-corrected chi connectivity index (χ3v) is 3.92. The lowest BCUT2D eigenvalue weighted by Gasteiger charge is -2.20. The highest BCUT2D eigenvalue weighted by molar-refractivity contribution is 14.1. The third-order valence-electron chi connectivity index (χ3n) is 2.99. The molecule has 0 saturated carbocycles. The number of nitrogens with one attached hydrogen (secondary N) is 1. The molecule has 1 heterocycles. The summed E-state index contributed by atoms with van der Waals surface area (Å²) in [4.78, 5) is 4.41. The summed E-state index contributed by atoms with van der Waals surface area (Å²) in [6.07, 6.45) is 4.75. The Labute approximate surface area is 126 Å². The fourth-order valence-electron chi connectivity index (χ4n) is 2.02. The zero-order valence-electron chi connectivity index (χ0n) is 11.0. The molecular weight excluding hydrogens is 356 g/mol. The average Bonchev–Trinajstić information content (AvgIpc) is 2.78. The van der Waals surface area contributed by atoms with E-state index < -0.39 is 0 Å². The van der Waals surface area contributed by atoms with Crippen LogP contribution in [0.15, 0.2) is 30.6 Å². The zero-order valence-corrected chi connectivity index (χ0v) is 13.2. The Morgan fingerprint density at radius 1 is 1.47 bits per heavy atom. The van der Waals surface area contributed by atoms with Crippen molar-refractivity contribution < 1.29 is 4.39 Å². The molecule has 0 radical (unpaired) electrons. The van der Waals surface area contributed by atoms with Gasteiger partial charge in [0.1, 0.15) is 11.6 Å². The van der Waals surface area contributed by atoms with Gasteiger partial charge in [0, 0.05) is 23.0 Å². The standard InChI is InChI=1S/C14H17FIN3/c1-3-6-17-13(14-18-7-8-19(14)2)11-5-4-10(15)9-12(11)16/h4-5,7-9,13,17H,3,6H2,1-2H3. The number of benzene rings is 1. The maximum absolute atomic E-state index is 13.2. The Morgan fingerprint density at radius 2 is 2.26 bits per heavy atom. The van der Waals surface area contributed by atoms with Crippen LogP contribution in [-0.2, 0) is 7.05 Å². The second-order valence-electron chi connectivity index (χ2n) is 4.45. The van der Waals surface area contributed by atoms with E-state index in [4.69, 9.17) is 0 Å². The van der Waals surface area contributed by atoms with Crippen LogP contribution in [-0.4, -0.2) is 16.1 Å². The lowest BCUT2D eigenvalue weighted by Crippen LogP contribution is -2.26. The molecule has 2 rings (SSSR count). The van der Waals surface area contributed by atoms with Crippen molar-refractivity contribution in [2.75, 3.05) is 6.54 Å². The summed E-state index contributed by atoms with van der Waals surface area (Å²) in [7, 11) is 1.97. The molecule has 0 spiro atoms. The molecule has 3 nitrogen and oxygen atoms in total. The Hall–Kier alpha value is -0.950. The first kappa shape index (κ1) is 14.5. The number of hydrogen-bond donors (Lipinski definition) is 1. The number of halogens is 2. The fraction of sp³-hybridized carbons (Fsp3) is 0.357. The van der Waals surface area contributed by atoms with Gasteiger partial charge in [0.25, 0.3) is 0 Å². The molecule has 0 aliphatic carbocycles. The molecule has 19 heavy (non-hydrogen) atoms. The van der Waals surface area contributed by atoms with E-state index in [0.717, 1.165) is 27.9 Å². The number of nitrogens with zero attached hydrogens (tertiary/aromatic N) is 2. The predicted molar refractivity (Wildman–Crippen MR) is 82.5 cm³/mol. The predicted octanol–water partition coefficient (Wildman–Crippen LogP) is 3.25. The first-order valence-electron chi connectivity index (χ1n) is 6.29. The summed E-state index contributed by atoms with van der Waals surface area (Å²) >= 11 is 2.17. The van der Waals surface area contributed by atoms with Gasteiger partial charge in [-0.2, -0.15) is 0 Å². The Balaban J connectivity index is 2.40. The minimum Gasteiger partial charge on any atom is -0.336 e. The van der Waals surface area contributed by atoms with Gasteiger partial charge in [0.05, 0.1) is 6.04 Å². The molecule has 102 valence electrons. The van der Waals surface area contributed by atoms with Gasteiger partial charge in [-0.1, -0.05) is 13.0 Å². The second-order valence-corrected chi connectivity index (χ2v) is 5.61. The minimum absolute atomic E-state index is 0.00699. The number of aryl methyl sites for hydroxylation is 1. The first-order valence-corrected chi connectivity index (χ1v) is 7.37. The molecule has 0 bridgehead atoms. The van der Waals surface area contributed by atoms with Gasteiger partial charge >= 0.3 is 0 Å². The SMILES string of the molecule is CCCNC(c1ccc(F)cc1I)c1nccn1C. The van der Waals surface area contributed by atoms with Crippen LogP contribution in [0.25, 0.3) is 0 Å². The summed E-state index contributed by atoms with van der Waals surface area (Å²) < 4.78 is 16.1. The average molecular weight is 373 g/mol. The highest BCUT2D eigenvalue weighted by atomic mass is 127. The van der Waals surface area contributed by atoms with E-state index in [-0.39, 0.29) is 11.9 Å². The molecule has 1 aromatic heterocycles. The second kappa shape index (κ2) is 6.47. The van der Waals surface area contributed by atoms with Crippen LogP contribution >= 0.6 is 22.6 Å². The first-order chi connectivity index (χ1) is 9.13. The van der Waals surface area contributed by atoms with Crippen molar-refractivity contribution in [2.24, 2.45) is 7.05 Å². The molecule has 0 saturated heterocycles. The maximum atomic E-state index is 13.2. The largest absolute Gasteiger partial charge is 0.336 e. The Kier molecular flexibility index (Phi) is 4.93. The Bertz CT molecular complexity index is 553. The van der Waals surface area contributed by atoms with Gasteiger partial charge < -0.3 is 9.88 Å². The fourth-order valence-corrected chi connectivity index (χ4v) is 2.81. The van der Waals surface area contributed by atoms with Crippen molar-refractivity contribution in [3.63, 3.8) is 0 Å². The van der Waals surface area contributed by atoms with Gasteiger partial charge in [0.15, 0.2) is 0 Å². The Morgan fingerprint density at radius 3 is 2.84 bits per heavy atom. The van der Waals surface area contributed by atoms with Gasteiger partial charge in [0.2, 0.25) is 0 Å². The van der Waals surface area contributed by atoms with Crippen molar-refractivity contribution in [1.82, 2.24) is 14.9 Å². The molecule has 1 aromatic carbocycles. The van der Waals surface area contributed by atoms with Crippen molar-refractivity contribution in [3.05, 3.63) is 51.4 Å². The van der Waals surface area contributed by atoms with E-state index in [2.05, 4.69) is 39.8 Å². The topological polar surface area (TPSA) is 29.9 Å². The monoisotopic (exact) mass is 373 g/mol. The van der Waals surface area contributed by atoms with Crippen molar-refractivity contribution >= 4 is 22.6 Å². The highest BCUT2D eigenvalue weighted by Gasteiger charge is 2.20. The summed E-state index contributed by atoms with van der Waals surface area (Å²) in [5.74, 6) is 0.736. The smallest absolute Gasteiger partial charge is 0.130 e. The highest BCUT2D eigenvalue weighted by Crippen LogP contribution is 2.25. The van der Waals surface area contributed by atoms with Gasteiger partial charge in [-0.05, 0) is 53.3 Å². The lowest BCUT2D eigenvalue weighted by molar-refractivity contribution is 0.551. The minimum atomic E-state index is -0.206. The van der Waals surface area contributed by atoms with E-state index in [0.29, 0.717) is 0 Å². The van der Waals surface area contributed by atoms with E-state index in [1.807, 2.05) is 23.9 Å². The summed E-state index contributed by atoms with van der Waals surface area (Å²) in [6.45, 7) is 3.02. The van der Waals surface area contributed by atoms with Crippen LogP contribution in [0.2, 0.25) is 0 Å². The molecule has 0 fully saturated rings. The maximum Gasteiger partial charge on any atom is 0.130 e. The lowest BCUT2D eigenvalue weighted by atomic mass is 10.1. The molecule has 1 N–H and O–H groups in total. The third kappa shape index (κ3) is 3.33. The van der Waals surface area contributed by atoms with Crippen LogP contribution in [0, 0.1) is 9.39 Å². The molecule has 1 unspecified atom stereocenters. The van der Waals surface area contributed by atoms with Crippen molar-refractivity contribution in [2.45, 2.75) is 19.4 Å². The normalized spacial score (nSPS) is 12.6. The molecule has 1 atom stereocenters. The van der Waals surface area contributed by atoms with Crippen molar-refractivity contribution in [3.8, 4) is 0 Å². The van der Waals surface area contributed by atoms with E-state index in [1.54, 1.807) is 12.3 Å². The van der Waals surface area contributed by atoms with E-state index >= 15 is 0 Å². The van der Waals surface area contributed by atoms with Crippen LogP contribution < -0.4 is 5.32 Å². The number of hydrogen-bond acceptors (Lipinski definition) is 2. The number of rotatable bonds is 5. The quantitative estimate of drug-likeness (QED) is 0.816. The summed E-state index contributed by atoms with van der Waals surface area (Å²) in [5, 5.41) is 3.48. The van der Waals surface area contributed by atoms with Crippen LogP contribution in [0.1, 0.15) is 30.8 Å². The van der Waals surface area contributed by atoms with Crippen LogP contribution in [0.4, 0.5) is 4.39 Å². The van der Waals surface area contributed by atoms with Crippen molar-refractivity contribution in [1.29, 1.82) is 0 Å². The van der Waals surface area contributed by atoms with Crippen LogP contribution in [0.3, 0.4) is 0 Å². The number of aromatic nitrogens is 2. The van der Waals surface area contributed by atoms with E-state index in [9.17, 15) is 4.39 Å². The summed E-state index contributed by atoms with van der Waals surface area (Å²) in [5.41, 5.74) is 1.06. The van der Waals surface area contributed by atoms with Crippen LogP contribution in [0.5, 0.6) is 0 Å². The molecule has 5 heteroatoms. The van der Waals surface area contributed by atoms with Gasteiger partial charge in [-0.25, -0.2) is 9.37 Å². The van der Waals surface area contributed by atoms with E-state index in [1.165, 1.54) is 6.07 Å². The molecule has 0 amide bonds. The van der Waals surface area contributed by atoms with Gasteiger partial charge in [-0.15, -0.1) is 0 Å². The molecular formula is C14H17FIN3. The summed E-state index contributed by atoms with van der Waals surface area (Å²) in [6, 6.07) is 4.88. The molecule has 0 aliphatic heterocycles. The van der Waals surface area contributed by atoms with Gasteiger partial charge in [-0.3, -0.25) is 0 Å². The molecule has 2 aromatic rings.